The third-order valence-electron chi connectivity index (χ3n) is 2.11. The summed E-state index contributed by atoms with van der Waals surface area (Å²) in [5.74, 6) is 0.666. The second-order valence-electron chi connectivity index (χ2n) is 3.76. The first-order valence-electron chi connectivity index (χ1n) is 5.76. The van der Waals surface area contributed by atoms with Crippen LogP contribution in [0.1, 0.15) is 59.3 Å². The van der Waals surface area contributed by atoms with Gasteiger partial charge in [0.25, 0.3) is 0 Å². The van der Waals surface area contributed by atoms with Crippen LogP contribution in [0.15, 0.2) is 0 Å². The molecule has 0 aliphatic heterocycles. The van der Waals surface area contributed by atoms with E-state index in [2.05, 4.69) is 6.92 Å². The average Bonchev–Trinajstić information content (AvgIpc) is 2.13. The lowest BCUT2D eigenvalue weighted by Crippen LogP contribution is -2.12. The molecule has 0 fully saturated rings. The smallest absolute Gasteiger partial charge is 0.155 e. The average molecular weight is 220 g/mol. The van der Waals surface area contributed by atoms with Gasteiger partial charge in [-0.25, -0.2) is 4.21 Å². The van der Waals surface area contributed by atoms with Gasteiger partial charge in [0.15, 0.2) is 11.1 Å². The zero-order valence-electron chi connectivity index (χ0n) is 9.75. The second kappa shape index (κ2) is 9.66. The maximum atomic E-state index is 11.2. The molecule has 86 valence electrons. The number of rotatable bonds is 9. The Morgan fingerprint density at radius 3 is 2.43 bits per heavy atom. The zero-order valence-corrected chi connectivity index (χ0v) is 10.6. The zero-order chi connectivity index (χ0) is 10.8. The van der Waals surface area contributed by atoms with E-state index in [0.29, 0.717) is 5.75 Å². The van der Waals surface area contributed by atoms with Gasteiger partial charge in [-0.15, -0.1) is 0 Å². The van der Waals surface area contributed by atoms with Crippen LogP contribution in [0.3, 0.4) is 0 Å². The van der Waals surface area contributed by atoms with Gasteiger partial charge in [-0.2, -0.15) is 0 Å². The molecule has 0 bridgehead atoms. The highest BCUT2D eigenvalue weighted by Gasteiger charge is 2.06. The van der Waals surface area contributed by atoms with Crippen molar-refractivity contribution in [1.82, 2.24) is 0 Å². The van der Waals surface area contributed by atoms with Crippen LogP contribution in [0.4, 0.5) is 0 Å². The predicted molar refractivity (Wildman–Crippen MR) is 62.6 cm³/mol. The monoisotopic (exact) mass is 220 g/mol. The molecule has 0 radical (unpaired) electrons. The predicted octanol–water partition coefficient (Wildman–Crippen LogP) is 3.44. The van der Waals surface area contributed by atoms with Gasteiger partial charge in [0, 0.05) is 5.75 Å². The molecule has 0 amide bonds. The lowest BCUT2D eigenvalue weighted by Gasteiger charge is -2.10. The fourth-order valence-corrected chi connectivity index (χ4v) is 2.20. The molecule has 2 nitrogen and oxygen atoms in total. The summed E-state index contributed by atoms with van der Waals surface area (Å²) < 4.78 is 16.6. The van der Waals surface area contributed by atoms with Gasteiger partial charge < -0.3 is 0 Å². The maximum Gasteiger partial charge on any atom is 0.155 e. The van der Waals surface area contributed by atoms with Crippen LogP contribution in [0.5, 0.6) is 0 Å². The minimum Gasteiger partial charge on any atom is -0.288 e. The van der Waals surface area contributed by atoms with Crippen LogP contribution in [0.25, 0.3) is 0 Å². The fourth-order valence-electron chi connectivity index (χ4n) is 1.30. The molecule has 0 aromatic rings. The summed E-state index contributed by atoms with van der Waals surface area (Å²) in [6.07, 6.45) is 7.13. The molecule has 0 saturated heterocycles. The molecule has 0 rings (SSSR count). The van der Waals surface area contributed by atoms with Gasteiger partial charge in [0.1, 0.15) is 0 Å². The van der Waals surface area contributed by atoms with Gasteiger partial charge in [0.05, 0.1) is 6.10 Å². The third-order valence-corrected chi connectivity index (χ3v) is 3.39. The van der Waals surface area contributed by atoms with E-state index in [-0.39, 0.29) is 6.10 Å². The molecule has 0 aromatic heterocycles. The Morgan fingerprint density at radius 2 is 1.86 bits per heavy atom. The van der Waals surface area contributed by atoms with Crippen LogP contribution < -0.4 is 0 Å². The van der Waals surface area contributed by atoms with Crippen LogP contribution in [0.2, 0.25) is 0 Å². The lowest BCUT2D eigenvalue weighted by atomic mass is 10.1. The lowest BCUT2D eigenvalue weighted by molar-refractivity contribution is 0.230. The standard InChI is InChI=1S/C11H24O2S/c1-4-6-7-8-9-11(3)13-14(12)10-5-2/h11H,4-10H2,1-3H3/t11-,14?/m1/s1. The van der Waals surface area contributed by atoms with E-state index in [1.807, 2.05) is 13.8 Å². The Bertz CT molecular complexity index is 148. The minimum atomic E-state index is -1.06. The van der Waals surface area contributed by atoms with Crippen molar-refractivity contribution in [2.75, 3.05) is 5.75 Å². The maximum absolute atomic E-state index is 11.2. The molecule has 0 aliphatic rings. The molecule has 0 heterocycles. The number of unbranched alkanes of at least 4 members (excludes halogenated alkanes) is 3. The summed E-state index contributed by atoms with van der Waals surface area (Å²) >= 11 is -1.06. The van der Waals surface area contributed by atoms with Crippen molar-refractivity contribution in [2.45, 2.75) is 65.4 Å². The van der Waals surface area contributed by atoms with E-state index in [4.69, 9.17) is 4.18 Å². The fraction of sp³-hybridized carbons (Fsp3) is 1.00. The summed E-state index contributed by atoms with van der Waals surface area (Å²) in [4.78, 5) is 0. The van der Waals surface area contributed by atoms with E-state index in [1.54, 1.807) is 0 Å². The van der Waals surface area contributed by atoms with E-state index < -0.39 is 11.1 Å². The van der Waals surface area contributed by atoms with E-state index in [1.165, 1.54) is 25.7 Å². The first-order chi connectivity index (χ1) is 6.70. The number of hydrogen-bond donors (Lipinski definition) is 0. The topological polar surface area (TPSA) is 26.3 Å². The molecule has 14 heavy (non-hydrogen) atoms. The summed E-state index contributed by atoms with van der Waals surface area (Å²) in [7, 11) is 0. The third kappa shape index (κ3) is 8.70. The van der Waals surface area contributed by atoms with Crippen molar-refractivity contribution >= 4 is 11.1 Å². The van der Waals surface area contributed by atoms with E-state index in [0.717, 1.165) is 12.8 Å². The normalized spacial score (nSPS) is 15.4. The highest BCUT2D eigenvalue weighted by Crippen LogP contribution is 2.09. The van der Waals surface area contributed by atoms with Gasteiger partial charge in [0.2, 0.25) is 0 Å². The molecule has 1 unspecified atom stereocenters. The molecule has 0 N–H and O–H groups in total. The molecule has 0 aliphatic carbocycles. The van der Waals surface area contributed by atoms with Crippen LogP contribution in [-0.4, -0.2) is 16.1 Å². The highest BCUT2D eigenvalue weighted by molar-refractivity contribution is 7.80. The molecular formula is C11H24O2S. The van der Waals surface area contributed by atoms with Crippen molar-refractivity contribution in [3.05, 3.63) is 0 Å². The van der Waals surface area contributed by atoms with Crippen molar-refractivity contribution in [1.29, 1.82) is 0 Å². The molecule has 0 spiro atoms. The number of hydrogen-bond acceptors (Lipinski definition) is 2. The summed E-state index contributed by atoms with van der Waals surface area (Å²) in [5.41, 5.74) is 0. The van der Waals surface area contributed by atoms with Crippen molar-refractivity contribution < 1.29 is 8.39 Å². The van der Waals surface area contributed by atoms with Crippen LogP contribution >= 0.6 is 0 Å². The van der Waals surface area contributed by atoms with Gasteiger partial charge in [-0.05, 0) is 19.8 Å². The summed E-state index contributed by atoms with van der Waals surface area (Å²) in [5, 5.41) is 0. The SMILES string of the molecule is CCCCCC[C@@H](C)OS(=O)CCC. The summed E-state index contributed by atoms with van der Waals surface area (Å²) in [6.45, 7) is 6.24. The van der Waals surface area contributed by atoms with Crippen molar-refractivity contribution in [3.63, 3.8) is 0 Å². The Balaban J connectivity index is 3.35. The molecule has 0 saturated carbocycles. The van der Waals surface area contributed by atoms with Crippen LogP contribution in [0, 0.1) is 0 Å². The quantitative estimate of drug-likeness (QED) is 0.556. The Hall–Kier alpha value is 0.110. The first kappa shape index (κ1) is 14.1. The highest BCUT2D eigenvalue weighted by atomic mass is 32.2. The van der Waals surface area contributed by atoms with Crippen LogP contribution in [-0.2, 0) is 15.3 Å². The van der Waals surface area contributed by atoms with Crippen molar-refractivity contribution in [2.24, 2.45) is 0 Å². The van der Waals surface area contributed by atoms with E-state index >= 15 is 0 Å². The van der Waals surface area contributed by atoms with Crippen molar-refractivity contribution in [3.8, 4) is 0 Å². The summed E-state index contributed by atoms with van der Waals surface area (Å²) in [6, 6.07) is 0. The largest absolute Gasteiger partial charge is 0.288 e. The second-order valence-corrected chi connectivity index (χ2v) is 4.97. The Kier molecular flexibility index (Phi) is 9.73. The molecule has 2 atom stereocenters. The van der Waals surface area contributed by atoms with E-state index in [9.17, 15) is 4.21 Å². The Morgan fingerprint density at radius 1 is 1.14 bits per heavy atom. The van der Waals surface area contributed by atoms with Gasteiger partial charge in [-0.3, -0.25) is 4.18 Å². The van der Waals surface area contributed by atoms with Gasteiger partial charge in [-0.1, -0.05) is 39.5 Å². The molecular weight excluding hydrogens is 196 g/mol. The minimum absolute atomic E-state index is 0.152. The molecule has 0 aromatic carbocycles. The van der Waals surface area contributed by atoms with Gasteiger partial charge >= 0.3 is 0 Å². The Labute approximate surface area is 91.1 Å². The molecule has 3 heteroatoms. The first-order valence-corrected chi connectivity index (χ1v) is 7.00.